The van der Waals surface area contributed by atoms with Gasteiger partial charge < -0.3 is 10.6 Å². The highest BCUT2D eigenvalue weighted by atomic mass is 15.2. The first-order valence-corrected chi connectivity index (χ1v) is 1.82. The van der Waals surface area contributed by atoms with Gasteiger partial charge in [0.2, 0.25) is 0 Å². The monoisotopic (exact) mass is 85.1 g/mol. The fourth-order valence-corrected chi connectivity index (χ4v) is 0.352. The molecule has 4 N–H and O–H groups in total. The van der Waals surface area contributed by atoms with Crippen LogP contribution in [0.1, 0.15) is 0 Å². The van der Waals surface area contributed by atoms with Crippen LogP contribution in [0, 0.1) is 0 Å². The molecule has 0 fully saturated rings. The third kappa shape index (κ3) is 0.440. The first-order chi connectivity index (χ1) is 2.89. The van der Waals surface area contributed by atoms with Crippen molar-refractivity contribution in [3.05, 3.63) is 12.4 Å². The Hall–Kier alpha value is -0.700. The molecule has 1 aliphatic rings. The summed E-state index contributed by atoms with van der Waals surface area (Å²) < 4.78 is 0. The summed E-state index contributed by atoms with van der Waals surface area (Å²) in [6.07, 6.45) is 3.47. The summed E-state index contributed by atoms with van der Waals surface area (Å²) in [4.78, 5) is 0. The van der Waals surface area contributed by atoms with Crippen molar-refractivity contribution in [2.24, 2.45) is 5.73 Å². The average Bonchev–Trinajstić information content (AvgIpc) is 1.86. The predicted octanol–water partition coefficient (Wildman–Crippen LogP) is -1.11. The molecule has 0 saturated heterocycles. The molecule has 34 valence electrons. The normalized spacial score (nSPS) is 20.2. The van der Waals surface area contributed by atoms with Gasteiger partial charge in [0.05, 0.1) is 0 Å². The second-order valence-electron chi connectivity index (χ2n) is 1.14. The highest BCUT2D eigenvalue weighted by molar-refractivity contribution is 4.87. The van der Waals surface area contributed by atoms with Crippen LogP contribution in [0.2, 0.25) is 0 Å². The summed E-state index contributed by atoms with van der Waals surface area (Å²) >= 11 is 0. The molecule has 0 spiro atoms. The van der Waals surface area contributed by atoms with Crippen LogP contribution < -0.4 is 16.4 Å². The summed E-state index contributed by atoms with van der Waals surface area (Å²) in [5.74, 6) is 0. The topological polar surface area (TPSA) is 50.1 Å². The Kier molecular flexibility index (Phi) is 0.686. The number of nitrogens with one attached hydrogen (secondary N) is 2. The van der Waals surface area contributed by atoms with Crippen molar-refractivity contribution in [2.45, 2.75) is 6.29 Å². The van der Waals surface area contributed by atoms with Crippen molar-refractivity contribution in [3.63, 3.8) is 0 Å². The number of rotatable bonds is 0. The molecule has 0 amide bonds. The maximum atomic E-state index is 5.25. The van der Waals surface area contributed by atoms with Crippen molar-refractivity contribution in [2.75, 3.05) is 0 Å². The van der Waals surface area contributed by atoms with Crippen LogP contribution in [-0.4, -0.2) is 6.29 Å². The Morgan fingerprint density at radius 1 is 1.33 bits per heavy atom. The zero-order valence-electron chi connectivity index (χ0n) is 3.31. The summed E-state index contributed by atoms with van der Waals surface area (Å²) in [5.41, 5.74) is 5.25. The minimum absolute atomic E-state index is 0.0648. The Labute approximate surface area is 36.2 Å². The molecule has 3 nitrogen and oxygen atoms in total. The van der Waals surface area contributed by atoms with Crippen LogP contribution in [0.5, 0.6) is 0 Å². The van der Waals surface area contributed by atoms with Gasteiger partial charge in [-0.05, 0) is 0 Å². The van der Waals surface area contributed by atoms with Gasteiger partial charge in [0.15, 0.2) is 0 Å². The van der Waals surface area contributed by atoms with E-state index in [1.54, 1.807) is 12.4 Å². The van der Waals surface area contributed by atoms with Gasteiger partial charge in [-0.1, -0.05) is 0 Å². The molecule has 0 aromatic rings. The van der Waals surface area contributed by atoms with Crippen LogP contribution in [0.4, 0.5) is 0 Å². The van der Waals surface area contributed by atoms with Crippen LogP contribution in [0.15, 0.2) is 12.4 Å². The highest BCUT2D eigenvalue weighted by Crippen LogP contribution is 1.73. The van der Waals surface area contributed by atoms with Gasteiger partial charge in [0.25, 0.3) is 0 Å². The molecule has 1 rings (SSSR count). The summed E-state index contributed by atoms with van der Waals surface area (Å²) in [7, 11) is 0. The third-order valence-corrected chi connectivity index (χ3v) is 0.635. The van der Waals surface area contributed by atoms with E-state index in [2.05, 4.69) is 10.6 Å². The maximum Gasteiger partial charge on any atom is 0.149 e. The van der Waals surface area contributed by atoms with E-state index in [0.717, 1.165) is 0 Å². The van der Waals surface area contributed by atoms with Crippen LogP contribution in [0.3, 0.4) is 0 Å². The average molecular weight is 85.1 g/mol. The van der Waals surface area contributed by atoms with Crippen molar-refractivity contribution in [3.8, 4) is 0 Å². The fraction of sp³-hybridized carbons (Fsp3) is 0.333. The summed E-state index contributed by atoms with van der Waals surface area (Å²) in [6, 6.07) is 0. The zero-order chi connectivity index (χ0) is 4.41. The molecular weight excluding hydrogens is 78.1 g/mol. The van der Waals surface area contributed by atoms with E-state index in [-0.39, 0.29) is 6.29 Å². The minimum atomic E-state index is -0.0648. The molecule has 0 aromatic carbocycles. The molecule has 0 radical (unpaired) electrons. The number of hydrogen-bond acceptors (Lipinski definition) is 3. The largest absolute Gasteiger partial charge is 0.358 e. The van der Waals surface area contributed by atoms with Gasteiger partial charge in [0.1, 0.15) is 6.29 Å². The van der Waals surface area contributed by atoms with Crippen molar-refractivity contribution in [1.82, 2.24) is 10.6 Å². The smallest absolute Gasteiger partial charge is 0.149 e. The van der Waals surface area contributed by atoms with Gasteiger partial charge in [-0.25, -0.2) is 0 Å². The Morgan fingerprint density at radius 2 is 1.83 bits per heavy atom. The number of nitrogens with two attached hydrogens (primary N) is 1. The predicted molar refractivity (Wildman–Crippen MR) is 23.4 cm³/mol. The van der Waals surface area contributed by atoms with Crippen molar-refractivity contribution >= 4 is 0 Å². The van der Waals surface area contributed by atoms with E-state index in [1.165, 1.54) is 0 Å². The lowest BCUT2D eigenvalue weighted by atomic mass is 10.9. The summed E-state index contributed by atoms with van der Waals surface area (Å²) in [6.45, 7) is 0. The molecule has 6 heavy (non-hydrogen) atoms. The standard InChI is InChI=1S/C3H7N3/c4-3-5-1-2-6-3/h1-3,5-6H,4H2. The van der Waals surface area contributed by atoms with Crippen molar-refractivity contribution < 1.29 is 0 Å². The third-order valence-electron chi connectivity index (χ3n) is 0.635. The van der Waals surface area contributed by atoms with Gasteiger partial charge in [-0.3, -0.25) is 5.73 Å². The van der Waals surface area contributed by atoms with Gasteiger partial charge >= 0.3 is 0 Å². The minimum Gasteiger partial charge on any atom is -0.358 e. The van der Waals surface area contributed by atoms with Gasteiger partial charge in [-0.2, -0.15) is 0 Å². The van der Waals surface area contributed by atoms with Gasteiger partial charge in [-0.15, -0.1) is 0 Å². The fourth-order valence-electron chi connectivity index (χ4n) is 0.352. The Balaban J connectivity index is 2.32. The Morgan fingerprint density at radius 3 is 2.00 bits per heavy atom. The molecule has 0 atom stereocenters. The lowest BCUT2D eigenvalue weighted by Gasteiger charge is -2.00. The van der Waals surface area contributed by atoms with E-state index < -0.39 is 0 Å². The second-order valence-corrected chi connectivity index (χ2v) is 1.14. The highest BCUT2D eigenvalue weighted by Gasteiger charge is 1.95. The molecule has 0 unspecified atom stereocenters. The molecule has 1 heterocycles. The zero-order valence-corrected chi connectivity index (χ0v) is 3.31. The molecule has 0 saturated carbocycles. The van der Waals surface area contributed by atoms with E-state index in [0.29, 0.717) is 0 Å². The van der Waals surface area contributed by atoms with E-state index in [9.17, 15) is 0 Å². The van der Waals surface area contributed by atoms with E-state index >= 15 is 0 Å². The maximum absolute atomic E-state index is 5.25. The first kappa shape index (κ1) is 3.49. The lowest BCUT2D eigenvalue weighted by molar-refractivity contribution is 0.596. The Bertz CT molecular complexity index is 60.4. The molecule has 3 heteroatoms. The first-order valence-electron chi connectivity index (χ1n) is 1.82. The van der Waals surface area contributed by atoms with E-state index in [1.807, 2.05) is 0 Å². The van der Waals surface area contributed by atoms with Gasteiger partial charge in [0, 0.05) is 12.4 Å². The van der Waals surface area contributed by atoms with Crippen LogP contribution in [0.25, 0.3) is 0 Å². The molecule has 1 aliphatic heterocycles. The molecule has 0 bridgehead atoms. The number of hydrogen-bond donors (Lipinski definition) is 3. The van der Waals surface area contributed by atoms with Crippen molar-refractivity contribution in [1.29, 1.82) is 0 Å². The SMILES string of the molecule is NC1NC=CN1. The second kappa shape index (κ2) is 1.18. The quantitative estimate of drug-likeness (QED) is 0.349. The van der Waals surface area contributed by atoms with Crippen LogP contribution in [-0.2, 0) is 0 Å². The molecule has 0 aliphatic carbocycles. The van der Waals surface area contributed by atoms with E-state index in [4.69, 9.17) is 5.73 Å². The lowest BCUT2D eigenvalue weighted by Crippen LogP contribution is -2.39. The molecule has 0 aromatic heterocycles. The summed E-state index contributed by atoms with van der Waals surface area (Å²) in [5, 5.41) is 5.61. The van der Waals surface area contributed by atoms with Crippen LogP contribution >= 0.6 is 0 Å². The molecular formula is C3H7N3.